The van der Waals surface area contributed by atoms with Crippen molar-refractivity contribution >= 4 is 34.6 Å². The molecule has 1 aliphatic heterocycles. The van der Waals surface area contributed by atoms with Crippen molar-refractivity contribution in [3.05, 3.63) is 39.9 Å². The lowest BCUT2D eigenvalue weighted by molar-refractivity contribution is -0.148. The molecule has 0 saturated carbocycles. The van der Waals surface area contributed by atoms with Crippen LogP contribution in [0.1, 0.15) is 29.3 Å². The molecule has 11 nitrogen and oxygen atoms in total. The Morgan fingerprint density at radius 1 is 1.16 bits per heavy atom. The van der Waals surface area contributed by atoms with Gasteiger partial charge in [0.2, 0.25) is 5.78 Å². The average Bonchev–Trinajstić information content (AvgIpc) is 2.80. The van der Waals surface area contributed by atoms with E-state index in [1.807, 2.05) is 0 Å². The van der Waals surface area contributed by atoms with Crippen LogP contribution in [0.5, 0.6) is 5.75 Å². The van der Waals surface area contributed by atoms with Gasteiger partial charge in [0.15, 0.2) is 29.5 Å². The average molecular weight is 512 g/mol. The first kappa shape index (κ1) is 25.0. The molecule has 0 bridgehead atoms. The third-order valence-electron chi connectivity index (χ3n) is 7.89. The molecular formula is C26H29N3O8. The molecular weight excluding hydrogens is 482 g/mol. The van der Waals surface area contributed by atoms with E-state index in [4.69, 9.17) is 4.74 Å². The maximum Gasteiger partial charge on any atom is 0.262 e. The van der Waals surface area contributed by atoms with Crippen molar-refractivity contribution in [2.75, 3.05) is 45.0 Å². The highest BCUT2D eigenvalue weighted by atomic mass is 16.5. The van der Waals surface area contributed by atoms with Crippen molar-refractivity contribution in [2.45, 2.75) is 31.4 Å². The standard InChI is InChI=1S/C26H29N3O8/c1-10(30)17-22(33)20(29(4)5)13-7-11-6-12-15(28(2)3)8-14-23(37-9-16(31)27-14)19(12)21(32)18(11)25(35)26(13,36)24(17)34/h8,11,13,20,33,35-36H,6-7,9H2,1-5H3,(H,27,31)/t11-,13-,20-,26+/m0/s1. The van der Waals surface area contributed by atoms with Crippen LogP contribution in [0.25, 0.3) is 0 Å². The molecule has 0 radical (unpaired) electrons. The first-order valence-electron chi connectivity index (χ1n) is 12.0. The van der Waals surface area contributed by atoms with E-state index in [9.17, 15) is 34.5 Å². The molecule has 5 rings (SSSR count). The van der Waals surface area contributed by atoms with Crippen molar-refractivity contribution in [1.82, 2.24) is 4.90 Å². The number of hydrogen-bond donors (Lipinski definition) is 4. The molecule has 3 aliphatic carbocycles. The lowest BCUT2D eigenvalue weighted by Crippen LogP contribution is -2.63. The number of aliphatic hydroxyl groups is 3. The summed E-state index contributed by atoms with van der Waals surface area (Å²) in [6.45, 7) is 0.807. The smallest absolute Gasteiger partial charge is 0.262 e. The van der Waals surface area contributed by atoms with E-state index < -0.39 is 57.9 Å². The van der Waals surface area contributed by atoms with E-state index in [0.29, 0.717) is 16.9 Å². The van der Waals surface area contributed by atoms with Crippen LogP contribution >= 0.6 is 0 Å². The minimum atomic E-state index is -2.57. The van der Waals surface area contributed by atoms with Gasteiger partial charge in [-0.25, -0.2) is 0 Å². The molecule has 196 valence electrons. The normalized spacial score (nSPS) is 28.7. The highest BCUT2D eigenvalue weighted by Gasteiger charge is 2.63. The Hall–Kier alpha value is -3.70. The van der Waals surface area contributed by atoms with Crippen molar-refractivity contribution < 1.29 is 39.2 Å². The van der Waals surface area contributed by atoms with E-state index >= 15 is 0 Å². The number of carbonyl (C=O) groups excluding carboxylic acids is 4. The van der Waals surface area contributed by atoms with Crippen LogP contribution in [-0.2, 0) is 20.8 Å². The second kappa shape index (κ2) is 8.15. The summed E-state index contributed by atoms with van der Waals surface area (Å²) in [7, 11) is 6.87. The van der Waals surface area contributed by atoms with Gasteiger partial charge in [0.1, 0.15) is 17.1 Å². The van der Waals surface area contributed by atoms with Crippen molar-refractivity contribution in [2.24, 2.45) is 11.8 Å². The molecule has 1 aromatic carbocycles. The molecule has 1 aromatic rings. The van der Waals surface area contributed by atoms with Gasteiger partial charge >= 0.3 is 0 Å². The van der Waals surface area contributed by atoms with Gasteiger partial charge in [-0.1, -0.05) is 0 Å². The Morgan fingerprint density at radius 3 is 2.43 bits per heavy atom. The minimum Gasteiger partial charge on any atom is -0.510 e. The molecule has 1 amide bonds. The second-order valence-corrected chi connectivity index (χ2v) is 10.5. The molecule has 4 aliphatic rings. The highest BCUT2D eigenvalue weighted by Crippen LogP contribution is 2.54. The number of Topliss-reactive ketones (excluding diaryl/α,β-unsaturated/α-hetero) is 3. The van der Waals surface area contributed by atoms with E-state index in [-0.39, 0.29) is 42.2 Å². The molecule has 0 spiro atoms. The molecule has 0 fully saturated rings. The summed E-state index contributed by atoms with van der Waals surface area (Å²) in [5.74, 6) is -5.57. The second-order valence-electron chi connectivity index (χ2n) is 10.5. The number of fused-ring (bicyclic) bond motifs is 5. The van der Waals surface area contributed by atoms with Gasteiger partial charge in [-0.15, -0.1) is 0 Å². The van der Waals surface area contributed by atoms with Crippen LogP contribution in [0.15, 0.2) is 28.7 Å². The Kier molecular flexibility index (Phi) is 5.50. The van der Waals surface area contributed by atoms with E-state index in [1.165, 1.54) is 0 Å². The zero-order chi connectivity index (χ0) is 27.1. The van der Waals surface area contributed by atoms with Crippen LogP contribution < -0.4 is 15.0 Å². The molecule has 0 saturated heterocycles. The maximum atomic E-state index is 14.0. The number of carbonyl (C=O) groups is 4. The summed E-state index contributed by atoms with van der Waals surface area (Å²) in [6, 6.07) is 0.782. The Balaban J connectivity index is 1.75. The molecule has 11 heteroatoms. The summed E-state index contributed by atoms with van der Waals surface area (Å²) in [5.41, 5.74) is -1.49. The Bertz CT molecular complexity index is 1360. The number of likely N-dealkylation sites (N-methyl/N-ethyl adjacent to an activating group) is 1. The fourth-order valence-corrected chi connectivity index (χ4v) is 6.35. The number of nitrogens with one attached hydrogen (secondary N) is 1. The summed E-state index contributed by atoms with van der Waals surface area (Å²) < 4.78 is 5.64. The predicted molar refractivity (Wildman–Crippen MR) is 132 cm³/mol. The van der Waals surface area contributed by atoms with Gasteiger partial charge < -0.3 is 30.3 Å². The van der Waals surface area contributed by atoms with Gasteiger partial charge in [-0.2, -0.15) is 0 Å². The maximum absolute atomic E-state index is 14.0. The van der Waals surface area contributed by atoms with E-state index in [0.717, 1.165) is 6.92 Å². The summed E-state index contributed by atoms with van der Waals surface area (Å²) >= 11 is 0. The number of ketones is 3. The number of rotatable bonds is 3. The third kappa shape index (κ3) is 3.27. The first-order valence-corrected chi connectivity index (χ1v) is 12.0. The number of nitrogens with zero attached hydrogens (tertiary/aromatic N) is 2. The largest absolute Gasteiger partial charge is 0.510 e. The Morgan fingerprint density at radius 2 is 1.84 bits per heavy atom. The lowest BCUT2D eigenvalue weighted by Gasteiger charge is -2.50. The number of ether oxygens (including phenoxy) is 1. The molecule has 4 N–H and O–H groups in total. The zero-order valence-electron chi connectivity index (χ0n) is 21.2. The van der Waals surface area contributed by atoms with Gasteiger partial charge in [0.05, 0.1) is 17.3 Å². The number of aliphatic hydroxyl groups excluding tert-OH is 2. The van der Waals surface area contributed by atoms with Gasteiger partial charge in [-0.3, -0.25) is 24.1 Å². The van der Waals surface area contributed by atoms with Gasteiger partial charge in [0.25, 0.3) is 5.91 Å². The fourth-order valence-electron chi connectivity index (χ4n) is 6.35. The lowest BCUT2D eigenvalue weighted by atomic mass is 9.58. The van der Waals surface area contributed by atoms with Gasteiger partial charge in [-0.05, 0) is 51.4 Å². The molecule has 1 heterocycles. The predicted octanol–water partition coefficient (Wildman–Crippen LogP) is 0.916. The van der Waals surface area contributed by atoms with Crippen molar-refractivity contribution in [1.29, 1.82) is 0 Å². The number of amides is 1. The number of benzene rings is 1. The van der Waals surface area contributed by atoms with Crippen LogP contribution in [0.3, 0.4) is 0 Å². The van der Waals surface area contributed by atoms with Crippen LogP contribution in [0, 0.1) is 11.8 Å². The first-order chi connectivity index (χ1) is 17.3. The van der Waals surface area contributed by atoms with Crippen molar-refractivity contribution in [3.63, 3.8) is 0 Å². The molecule has 37 heavy (non-hydrogen) atoms. The molecule has 4 atom stereocenters. The quantitative estimate of drug-likeness (QED) is 0.430. The Labute approximate surface area is 213 Å². The van der Waals surface area contributed by atoms with Gasteiger partial charge in [0, 0.05) is 31.3 Å². The SMILES string of the molecule is CC(=O)C1=C(O)[C@@H](N(C)C)[C@@H]2C[C@@H]3Cc4c(N(C)C)cc5c(c4C(=O)C3=C(O)[C@]2(O)C1=O)OCC(=O)N5. The van der Waals surface area contributed by atoms with Crippen molar-refractivity contribution in [3.8, 4) is 5.75 Å². The van der Waals surface area contributed by atoms with Crippen LogP contribution in [0.2, 0.25) is 0 Å². The topological polar surface area (TPSA) is 157 Å². The van der Waals surface area contributed by atoms with Crippen LogP contribution in [0.4, 0.5) is 11.4 Å². The number of hydrogen-bond acceptors (Lipinski definition) is 10. The summed E-state index contributed by atoms with van der Waals surface area (Å²) in [5, 5.41) is 36.9. The molecule has 0 aromatic heterocycles. The van der Waals surface area contributed by atoms with E-state index in [2.05, 4.69) is 5.32 Å². The van der Waals surface area contributed by atoms with Crippen LogP contribution in [-0.4, -0.2) is 89.9 Å². The van der Waals surface area contributed by atoms with E-state index in [1.54, 1.807) is 44.1 Å². The monoisotopic (exact) mass is 511 g/mol. The number of allylic oxidation sites excluding steroid dienone is 1. The fraction of sp³-hybridized carbons (Fsp3) is 0.462. The minimum absolute atomic E-state index is 0.0897. The molecule has 0 unspecified atom stereocenters. The summed E-state index contributed by atoms with van der Waals surface area (Å²) in [6.07, 6.45) is 0.371. The third-order valence-corrected chi connectivity index (χ3v) is 7.89. The number of anilines is 2. The summed E-state index contributed by atoms with van der Waals surface area (Å²) in [4.78, 5) is 55.1. The zero-order valence-corrected chi connectivity index (χ0v) is 21.2. The highest BCUT2D eigenvalue weighted by molar-refractivity contribution is 6.25.